The van der Waals surface area contributed by atoms with E-state index in [1.165, 1.54) is 21.7 Å². The molecule has 4 aromatic rings. The molecule has 0 spiro atoms. The highest BCUT2D eigenvalue weighted by Gasteiger charge is 2.27. The van der Waals surface area contributed by atoms with Crippen molar-refractivity contribution >= 4 is 23.3 Å². The number of ether oxygens (including phenoxy) is 1. The summed E-state index contributed by atoms with van der Waals surface area (Å²) in [6.07, 6.45) is 2.89. The van der Waals surface area contributed by atoms with Crippen molar-refractivity contribution in [3.05, 3.63) is 60.2 Å². The third-order valence-electron chi connectivity index (χ3n) is 5.19. The van der Waals surface area contributed by atoms with Crippen LogP contribution in [0.1, 0.15) is 20.8 Å². The number of nitrogens with zero attached hydrogens (tertiary/aromatic N) is 7. The molecule has 0 radical (unpaired) electrons. The van der Waals surface area contributed by atoms with Gasteiger partial charge in [-0.1, -0.05) is 30.3 Å². The molecule has 1 aliphatic rings. The van der Waals surface area contributed by atoms with Crippen LogP contribution in [0.3, 0.4) is 0 Å². The van der Waals surface area contributed by atoms with Crippen LogP contribution in [0.25, 0.3) is 17.0 Å². The van der Waals surface area contributed by atoms with Gasteiger partial charge in [0.2, 0.25) is 0 Å². The van der Waals surface area contributed by atoms with Gasteiger partial charge in [0.05, 0.1) is 25.0 Å². The van der Waals surface area contributed by atoms with Crippen molar-refractivity contribution in [1.29, 1.82) is 0 Å². The van der Waals surface area contributed by atoms with Crippen LogP contribution in [0, 0.1) is 0 Å². The van der Waals surface area contributed by atoms with Gasteiger partial charge in [0, 0.05) is 31.8 Å². The first kappa shape index (κ1) is 19.8. The molecule has 1 saturated heterocycles. The number of benzene rings is 1. The molecule has 11 heteroatoms. The summed E-state index contributed by atoms with van der Waals surface area (Å²) in [5.74, 6) is 0.113. The van der Waals surface area contributed by atoms with Crippen molar-refractivity contribution in [3.63, 3.8) is 0 Å². The van der Waals surface area contributed by atoms with Gasteiger partial charge in [-0.2, -0.15) is 5.10 Å². The van der Waals surface area contributed by atoms with E-state index in [0.717, 1.165) is 5.56 Å². The Kier molecular flexibility index (Phi) is 5.07. The zero-order chi connectivity index (χ0) is 22.1. The standard InChI is InChI=1S/C21H20N8O3/c1-27-18(15(12-23-27)21(31)28-7-9-32-10-8-28)20(30)24-16-11-17-25-19(26-29(17)13-22-16)14-5-3-2-4-6-14/h2-6,11-13H,7-10H2,1H3,(H,24,30). The fourth-order valence-corrected chi connectivity index (χ4v) is 3.55. The molecule has 1 fully saturated rings. The maximum Gasteiger partial charge on any atom is 0.275 e. The summed E-state index contributed by atoms with van der Waals surface area (Å²) in [6.45, 7) is 1.90. The van der Waals surface area contributed by atoms with E-state index in [-0.39, 0.29) is 17.2 Å². The second-order valence-corrected chi connectivity index (χ2v) is 7.27. The van der Waals surface area contributed by atoms with E-state index in [0.29, 0.717) is 43.6 Å². The van der Waals surface area contributed by atoms with Gasteiger partial charge in [-0.15, -0.1) is 5.10 Å². The van der Waals surface area contributed by atoms with Gasteiger partial charge < -0.3 is 15.0 Å². The van der Waals surface area contributed by atoms with Gasteiger partial charge in [0.1, 0.15) is 17.8 Å². The summed E-state index contributed by atoms with van der Waals surface area (Å²) in [4.78, 5) is 36.3. The maximum absolute atomic E-state index is 13.0. The number of carbonyl (C=O) groups excluding carboxylic acids is 2. The van der Waals surface area contributed by atoms with E-state index < -0.39 is 5.91 Å². The molecule has 2 amide bonds. The Bertz CT molecular complexity index is 1290. The van der Waals surface area contributed by atoms with Crippen LogP contribution in [0.5, 0.6) is 0 Å². The van der Waals surface area contributed by atoms with Crippen LogP contribution in [-0.2, 0) is 11.8 Å². The molecule has 5 rings (SSSR count). The van der Waals surface area contributed by atoms with Gasteiger partial charge in [0.25, 0.3) is 11.8 Å². The van der Waals surface area contributed by atoms with Crippen LogP contribution in [-0.4, -0.2) is 72.4 Å². The van der Waals surface area contributed by atoms with Crippen molar-refractivity contribution in [1.82, 2.24) is 34.3 Å². The van der Waals surface area contributed by atoms with E-state index in [9.17, 15) is 9.59 Å². The Morgan fingerprint density at radius 1 is 1.12 bits per heavy atom. The topological polar surface area (TPSA) is 120 Å². The molecular weight excluding hydrogens is 412 g/mol. The van der Waals surface area contributed by atoms with Crippen LogP contribution >= 0.6 is 0 Å². The smallest absolute Gasteiger partial charge is 0.275 e. The Morgan fingerprint density at radius 3 is 2.69 bits per heavy atom. The third-order valence-corrected chi connectivity index (χ3v) is 5.19. The predicted molar refractivity (Wildman–Crippen MR) is 114 cm³/mol. The first-order valence-electron chi connectivity index (χ1n) is 10.1. The number of morpholine rings is 1. The molecule has 11 nitrogen and oxygen atoms in total. The second-order valence-electron chi connectivity index (χ2n) is 7.27. The largest absolute Gasteiger partial charge is 0.378 e. The van der Waals surface area contributed by atoms with E-state index in [1.54, 1.807) is 18.0 Å². The molecule has 4 heterocycles. The van der Waals surface area contributed by atoms with Gasteiger partial charge in [-0.05, 0) is 0 Å². The highest BCUT2D eigenvalue weighted by atomic mass is 16.5. The molecule has 32 heavy (non-hydrogen) atoms. The summed E-state index contributed by atoms with van der Waals surface area (Å²) < 4.78 is 8.22. The van der Waals surface area contributed by atoms with Gasteiger partial charge in [0.15, 0.2) is 11.5 Å². The lowest BCUT2D eigenvalue weighted by molar-refractivity contribution is 0.0302. The lowest BCUT2D eigenvalue weighted by Gasteiger charge is -2.26. The SMILES string of the molecule is Cn1ncc(C(=O)N2CCOCC2)c1C(=O)Nc1cc2nc(-c3ccccc3)nn2cn1. The van der Waals surface area contributed by atoms with Gasteiger partial charge in [-0.3, -0.25) is 14.3 Å². The summed E-state index contributed by atoms with van der Waals surface area (Å²) in [5, 5.41) is 11.3. The van der Waals surface area contributed by atoms with Crippen molar-refractivity contribution in [3.8, 4) is 11.4 Å². The molecule has 162 valence electrons. The normalized spacial score (nSPS) is 14.0. The summed E-state index contributed by atoms with van der Waals surface area (Å²) >= 11 is 0. The fourth-order valence-electron chi connectivity index (χ4n) is 3.55. The number of hydrogen-bond acceptors (Lipinski definition) is 7. The van der Waals surface area contributed by atoms with Crippen LogP contribution in [0.4, 0.5) is 5.82 Å². The molecule has 1 aliphatic heterocycles. The highest BCUT2D eigenvalue weighted by molar-refractivity contribution is 6.10. The van der Waals surface area contributed by atoms with E-state index in [2.05, 4.69) is 25.5 Å². The molecule has 0 bridgehead atoms. The minimum atomic E-state index is -0.485. The third kappa shape index (κ3) is 3.69. The number of hydrogen-bond donors (Lipinski definition) is 1. The quantitative estimate of drug-likeness (QED) is 0.515. The number of amides is 2. The number of nitrogens with one attached hydrogen (secondary N) is 1. The van der Waals surface area contributed by atoms with Crippen LogP contribution < -0.4 is 5.32 Å². The average Bonchev–Trinajstić information content (AvgIpc) is 3.43. The summed E-state index contributed by atoms with van der Waals surface area (Å²) in [5.41, 5.74) is 1.81. The van der Waals surface area contributed by atoms with Crippen molar-refractivity contribution in [2.45, 2.75) is 0 Å². The number of carbonyl (C=O) groups is 2. The van der Waals surface area contributed by atoms with Crippen molar-refractivity contribution < 1.29 is 14.3 Å². The molecule has 0 atom stereocenters. The minimum absolute atomic E-state index is 0.162. The Morgan fingerprint density at radius 2 is 1.91 bits per heavy atom. The van der Waals surface area contributed by atoms with Crippen LogP contribution in [0.15, 0.2) is 48.9 Å². The van der Waals surface area contributed by atoms with Crippen molar-refractivity contribution in [2.24, 2.45) is 7.05 Å². The second kappa shape index (κ2) is 8.19. The lowest BCUT2D eigenvalue weighted by atomic mass is 10.2. The summed E-state index contributed by atoms with van der Waals surface area (Å²) in [7, 11) is 1.62. The molecule has 0 unspecified atom stereocenters. The first-order chi connectivity index (χ1) is 15.6. The molecule has 0 saturated carbocycles. The summed E-state index contributed by atoms with van der Waals surface area (Å²) in [6, 6.07) is 11.2. The van der Waals surface area contributed by atoms with Gasteiger partial charge in [-0.25, -0.2) is 14.5 Å². The Balaban J connectivity index is 1.39. The van der Waals surface area contributed by atoms with E-state index in [1.807, 2.05) is 30.3 Å². The Labute approximate surface area is 182 Å². The average molecular weight is 432 g/mol. The zero-order valence-electron chi connectivity index (χ0n) is 17.3. The number of anilines is 1. The maximum atomic E-state index is 13.0. The zero-order valence-corrected chi connectivity index (χ0v) is 17.3. The van der Waals surface area contributed by atoms with E-state index >= 15 is 0 Å². The van der Waals surface area contributed by atoms with Crippen molar-refractivity contribution in [2.75, 3.05) is 31.6 Å². The number of aryl methyl sites for hydroxylation is 1. The number of aromatic nitrogens is 6. The van der Waals surface area contributed by atoms with E-state index in [4.69, 9.17) is 4.74 Å². The highest BCUT2D eigenvalue weighted by Crippen LogP contribution is 2.18. The lowest BCUT2D eigenvalue weighted by Crippen LogP contribution is -2.41. The first-order valence-corrected chi connectivity index (χ1v) is 10.1. The molecule has 0 aliphatic carbocycles. The predicted octanol–water partition coefficient (Wildman–Crippen LogP) is 1.25. The minimum Gasteiger partial charge on any atom is -0.378 e. The molecule has 1 aromatic carbocycles. The molecule has 1 N–H and O–H groups in total. The number of fused-ring (bicyclic) bond motifs is 1. The molecule has 3 aromatic heterocycles. The fraction of sp³-hybridized carbons (Fsp3) is 0.238. The molecular formula is C21H20N8O3. The number of rotatable bonds is 4. The van der Waals surface area contributed by atoms with Gasteiger partial charge >= 0.3 is 0 Å². The van der Waals surface area contributed by atoms with Crippen LogP contribution in [0.2, 0.25) is 0 Å². The monoisotopic (exact) mass is 432 g/mol. The Hall–Kier alpha value is -4.12.